The van der Waals surface area contributed by atoms with Gasteiger partial charge >= 0.3 is 5.97 Å². The van der Waals surface area contributed by atoms with Gasteiger partial charge in [-0.2, -0.15) is 0 Å². The molecule has 7 heteroatoms. The van der Waals surface area contributed by atoms with Crippen molar-refractivity contribution in [3.8, 4) is 0 Å². The molecule has 0 radical (unpaired) electrons. The molecule has 1 aromatic carbocycles. The third kappa shape index (κ3) is 3.12. The molecule has 0 amide bonds. The second kappa shape index (κ2) is 5.94. The summed E-state index contributed by atoms with van der Waals surface area (Å²) in [6.07, 6.45) is 0. The summed E-state index contributed by atoms with van der Waals surface area (Å²) < 4.78 is 0.771. The largest absolute Gasteiger partial charge is 0.478 e. The molecule has 1 N–H and O–H groups in total. The molecule has 5 rings (SSSR count). The van der Waals surface area contributed by atoms with Crippen LogP contribution >= 0.6 is 22.6 Å². The highest BCUT2D eigenvalue weighted by atomic mass is 127. The van der Waals surface area contributed by atoms with E-state index in [1.165, 1.54) is 40.0 Å². The maximum Gasteiger partial charge on any atom is 0.336 e. The number of benzene rings is 1. The van der Waals surface area contributed by atoms with Gasteiger partial charge in [0, 0.05) is 3.57 Å². The van der Waals surface area contributed by atoms with Crippen LogP contribution in [-0.4, -0.2) is 70.7 Å². The Labute approximate surface area is 131 Å². The fourth-order valence-electron chi connectivity index (χ4n) is 2.87. The summed E-state index contributed by atoms with van der Waals surface area (Å²) in [4.78, 5) is 20.3. The van der Waals surface area contributed by atoms with E-state index in [0.29, 0.717) is 5.56 Å². The highest BCUT2D eigenvalue weighted by molar-refractivity contribution is 14.1. The normalized spacial score (nSPS) is 33.5. The molecule has 0 unspecified atom stereocenters. The van der Waals surface area contributed by atoms with Gasteiger partial charge in [0.15, 0.2) is 0 Å². The lowest BCUT2D eigenvalue weighted by atomic mass is 10.2. The van der Waals surface area contributed by atoms with E-state index >= 15 is 0 Å². The highest BCUT2D eigenvalue weighted by Crippen LogP contribution is 2.20. The zero-order chi connectivity index (χ0) is 14.1. The van der Waals surface area contributed by atoms with Crippen molar-refractivity contribution in [1.82, 2.24) is 19.6 Å². The van der Waals surface area contributed by atoms with E-state index < -0.39 is 5.97 Å². The predicted octanol–water partition coefficient (Wildman–Crippen LogP) is 0.970. The summed E-state index contributed by atoms with van der Waals surface area (Å²) in [5, 5.41) is 8.56. The second-order valence-electron chi connectivity index (χ2n) is 5.32. The number of halogens is 1. The van der Waals surface area contributed by atoms with E-state index in [1.807, 2.05) is 28.7 Å². The van der Waals surface area contributed by atoms with Crippen LogP contribution in [0.15, 0.2) is 24.3 Å². The maximum absolute atomic E-state index is 10.4. The third-order valence-electron chi connectivity index (χ3n) is 3.50. The Hall–Kier alpha value is -0.740. The van der Waals surface area contributed by atoms with Crippen LogP contribution in [0.1, 0.15) is 10.4 Å². The molecule has 4 bridgehead atoms. The number of rotatable bonds is 1. The van der Waals surface area contributed by atoms with Gasteiger partial charge < -0.3 is 5.11 Å². The van der Waals surface area contributed by atoms with Gasteiger partial charge in [0.25, 0.3) is 0 Å². The standard InChI is InChI=1S/C7H5IO2.C6H12N4/c8-6-4-2-1-3-5(6)7(9)10;1-7-2-9-4-8(1)5-10(3-7)6-9/h1-4H,(H,9,10);1-6H2. The fourth-order valence-corrected chi connectivity index (χ4v) is 3.49. The smallest absolute Gasteiger partial charge is 0.336 e. The molecule has 4 heterocycles. The molecule has 20 heavy (non-hydrogen) atoms. The molecular formula is C13H17IN4O2. The Balaban J connectivity index is 0.000000121. The van der Waals surface area contributed by atoms with E-state index in [2.05, 4.69) is 19.6 Å². The van der Waals surface area contributed by atoms with Gasteiger partial charge in [-0.05, 0) is 34.7 Å². The van der Waals surface area contributed by atoms with Crippen LogP contribution in [0.3, 0.4) is 0 Å². The Kier molecular flexibility index (Phi) is 4.22. The Morgan fingerprint density at radius 2 is 1.30 bits per heavy atom. The van der Waals surface area contributed by atoms with Crippen molar-refractivity contribution in [1.29, 1.82) is 0 Å². The van der Waals surface area contributed by atoms with Crippen molar-refractivity contribution in [3.05, 3.63) is 33.4 Å². The summed E-state index contributed by atoms with van der Waals surface area (Å²) in [6, 6.07) is 6.88. The van der Waals surface area contributed by atoms with Crippen molar-refractivity contribution in [2.45, 2.75) is 0 Å². The molecule has 1 aromatic rings. The first-order chi connectivity index (χ1) is 9.61. The number of carbonyl (C=O) groups is 1. The Morgan fingerprint density at radius 1 is 0.900 bits per heavy atom. The maximum atomic E-state index is 10.4. The van der Waals surface area contributed by atoms with E-state index in [9.17, 15) is 4.79 Å². The zero-order valence-corrected chi connectivity index (χ0v) is 13.2. The molecule has 0 spiro atoms. The lowest BCUT2D eigenvalue weighted by Gasteiger charge is -2.56. The minimum absolute atomic E-state index is 0.364. The van der Waals surface area contributed by atoms with E-state index in [1.54, 1.807) is 18.2 Å². The van der Waals surface area contributed by atoms with Crippen LogP contribution in [-0.2, 0) is 0 Å². The van der Waals surface area contributed by atoms with Crippen molar-refractivity contribution in [2.75, 3.05) is 40.0 Å². The fraction of sp³-hybridized carbons (Fsp3) is 0.462. The van der Waals surface area contributed by atoms with E-state index in [-0.39, 0.29) is 0 Å². The van der Waals surface area contributed by atoms with E-state index in [0.717, 1.165) is 3.57 Å². The number of hydrogen-bond donors (Lipinski definition) is 1. The molecule has 0 aliphatic carbocycles. The summed E-state index contributed by atoms with van der Waals surface area (Å²) in [7, 11) is 0. The molecule has 4 aliphatic heterocycles. The van der Waals surface area contributed by atoms with Crippen LogP contribution in [0.5, 0.6) is 0 Å². The number of hydrogen-bond acceptors (Lipinski definition) is 5. The molecule has 108 valence electrons. The first-order valence-electron chi connectivity index (χ1n) is 6.49. The first-order valence-corrected chi connectivity index (χ1v) is 7.57. The minimum Gasteiger partial charge on any atom is -0.478 e. The quantitative estimate of drug-likeness (QED) is 0.724. The molecule has 0 saturated carbocycles. The van der Waals surface area contributed by atoms with Crippen LogP contribution in [0.4, 0.5) is 0 Å². The minimum atomic E-state index is -0.870. The molecule has 0 atom stereocenters. The van der Waals surface area contributed by atoms with Gasteiger partial charge in [-0.1, -0.05) is 12.1 Å². The topological polar surface area (TPSA) is 50.3 Å². The SMILES string of the molecule is C1N2CN3CN1CN(C2)C3.O=C(O)c1ccccc1I. The number of nitrogens with zero attached hydrogens (tertiary/aromatic N) is 4. The molecule has 4 aliphatic rings. The Morgan fingerprint density at radius 3 is 1.60 bits per heavy atom. The average molecular weight is 388 g/mol. The second-order valence-corrected chi connectivity index (χ2v) is 6.48. The van der Waals surface area contributed by atoms with Crippen LogP contribution in [0.25, 0.3) is 0 Å². The monoisotopic (exact) mass is 388 g/mol. The molecule has 4 saturated heterocycles. The lowest BCUT2D eigenvalue weighted by molar-refractivity contribution is -0.194. The van der Waals surface area contributed by atoms with Crippen LogP contribution in [0, 0.1) is 3.57 Å². The van der Waals surface area contributed by atoms with Crippen LogP contribution < -0.4 is 0 Å². The van der Waals surface area contributed by atoms with Crippen LogP contribution in [0.2, 0.25) is 0 Å². The summed E-state index contributed by atoms with van der Waals surface area (Å²) in [5.41, 5.74) is 0.364. The highest BCUT2D eigenvalue weighted by Gasteiger charge is 2.36. The number of carboxylic acid groups (broad SMARTS) is 1. The number of aromatic carboxylic acids is 1. The molecule has 6 nitrogen and oxygen atoms in total. The van der Waals surface area contributed by atoms with Gasteiger partial charge in [0.2, 0.25) is 0 Å². The van der Waals surface area contributed by atoms with Gasteiger partial charge in [-0.25, -0.2) is 4.79 Å². The van der Waals surface area contributed by atoms with E-state index in [4.69, 9.17) is 5.11 Å². The summed E-state index contributed by atoms with van der Waals surface area (Å²) in [5.74, 6) is -0.870. The number of carboxylic acids is 1. The van der Waals surface area contributed by atoms with Gasteiger partial charge in [0.05, 0.1) is 45.6 Å². The van der Waals surface area contributed by atoms with Crippen molar-refractivity contribution >= 4 is 28.6 Å². The molecule has 4 fully saturated rings. The van der Waals surface area contributed by atoms with Crippen molar-refractivity contribution in [2.24, 2.45) is 0 Å². The third-order valence-corrected chi connectivity index (χ3v) is 4.44. The van der Waals surface area contributed by atoms with Gasteiger partial charge in [-0.3, -0.25) is 19.6 Å². The molecule has 0 aromatic heterocycles. The Bertz CT molecular complexity index is 454. The lowest BCUT2D eigenvalue weighted by Crippen LogP contribution is -2.71. The van der Waals surface area contributed by atoms with Crippen molar-refractivity contribution in [3.63, 3.8) is 0 Å². The van der Waals surface area contributed by atoms with Gasteiger partial charge in [0.1, 0.15) is 0 Å². The first kappa shape index (κ1) is 14.2. The summed E-state index contributed by atoms with van der Waals surface area (Å²) >= 11 is 1.99. The zero-order valence-electron chi connectivity index (χ0n) is 11.1. The summed E-state index contributed by atoms with van der Waals surface area (Å²) in [6.45, 7) is 7.12. The predicted molar refractivity (Wildman–Crippen MR) is 82.7 cm³/mol. The van der Waals surface area contributed by atoms with Crippen molar-refractivity contribution < 1.29 is 9.90 Å². The molecular weight excluding hydrogens is 371 g/mol. The van der Waals surface area contributed by atoms with Gasteiger partial charge in [-0.15, -0.1) is 0 Å². The average Bonchev–Trinajstić information content (AvgIpc) is 2.38.